The molecule has 0 aliphatic carbocycles. The van der Waals surface area contributed by atoms with Crippen LogP contribution in [0.5, 0.6) is 0 Å². The van der Waals surface area contributed by atoms with Gasteiger partial charge in [-0.3, -0.25) is 9.59 Å². The van der Waals surface area contributed by atoms with Gasteiger partial charge in [-0.25, -0.2) is 0 Å². The Labute approximate surface area is 77.6 Å². The quantitative estimate of drug-likeness (QED) is 0.601. The molecule has 0 fully saturated rings. The highest BCUT2D eigenvalue weighted by molar-refractivity contribution is 5.82. The van der Waals surface area contributed by atoms with E-state index in [1.165, 1.54) is 0 Å². The number of hydrogen-bond donors (Lipinski definition) is 2. The Morgan fingerprint density at radius 3 is 2.62 bits per heavy atom. The lowest BCUT2D eigenvalue weighted by Crippen LogP contribution is -2.28. The number of carboxylic acid groups (broad SMARTS) is 1. The average Bonchev–Trinajstić information content (AvgIpc) is 2.10. The second-order valence-electron chi connectivity index (χ2n) is 2.74. The number of hydrogen-bond acceptors (Lipinski definition) is 2. The van der Waals surface area contributed by atoms with E-state index in [0.717, 1.165) is 0 Å². The third-order valence-corrected chi connectivity index (χ3v) is 1.72. The Hall–Kier alpha value is -1.32. The van der Waals surface area contributed by atoms with Crippen LogP contribution < -0.4 is 5.32 Å². The Kier molecular flexibility index (Phi) is 5.59. The predicted molar refractivity (Wildman–Crippen MR) is 49.2 cm³/mol. The molecule has 0 spiro atoms. The molecule has 2 N–H and O–H groups in total. The average molecular weight is 185 g/mol. The summed E-state index contributed by atoms with van der Waals surface area (Å²) in [5.41, 5.74) is 0. The van der Waals surface area contributed by atoms with E-state index in [1.54, 1.807) is 13.0 Å². The first-order valence-corrected chi connectivity index (χ1v) is 4.22. The minimum absolute atomic E-state index is 0.0413. The van der Waals surface area contributed by atoms with Crippen LogP contribution in [0, 0.1) is 5.92 Å². The van der Waals surface area contributed by atoms with Crippen LogP contribution in [-0.4, -0.2) is 23.5 Å². The maximum absolute atomic E-state index is 11.1. The molecule has 0 rings (SSSR count). The smallest absolute Gasteiger partial charge is 0.307 e. The van der Waals surface area contributed by atoms with Crippen molar-refractivity contribution < 1.29 is 14.7 Å². The number of amides is 1. The zero-order chi connectivity index (χ0) is 10.3. The summed E-state index contributed by atoms with van der Waals surface area (Å²) in [6.45, 7) is 5.57. The molecule has 4 heteroatoms. The molecule has 0 aromatic rings. The maximum Gasteiger partial charge on any atom is 0.307 e. The SMILES string of the molecule is C=CCNC(=O)CC(CC)C(=O)O. The van der Waals surface area contributed by atoms with Crippen LogP contribution in [0.4, 0.5) is 0 Å². The number of rotatable bonds is 6. The van der Waals surface area contributed by atoms with Crippen LogP contribution in [0.2, 0.25) is 0 Å². The first-order chi connectivity index (χ1) is 6.11. The summed E-state index contributed by atoms with van der Waals surface area (Å²) in [5, 5.41) is 11.2. The van der Waals surface area contributed by atoms with Crippen molar-refractivity contribution in [2.45, 2.75) is 19.8 Å². The molecule has 0 radical (unpaired) electrons. The van der Waals surface area contributed by atoms with E-state index in [4.69, 9.17) is 5.11 Å². The Morgan fingerprint density at radius 1 is 1.62 bits per heavy atom. The topological polar surface area (TPSA) is 66.4 Å². The van der Waals surface area contributed by atoms with Crippen molar-refractivity contribution in [2.24, 2.45) is 5.92 Å². The third kappa shape index (κ3) is 5.00. The third-order valence-electron chi connectivity index (χ3n) is 1.72. The van der Waals surface area contributed by atoms with Gasteiger partial charge in [-0.15, -0.1) is 6.58 Å². The lowest BCUT2D eigenvalue weighted by atomic mass is 10.0. The predicted octanol–water partition coefficient (Wildman–Crippen LogP) is 0.790. The molecule has 0 heterocycles. The fraction of sp³-hybridized carbons (Fsp3) is 0.556. The lowest BCUT2D eigenvalue weighted by molar-refractivity contribution is -0.144. The normalized spacial score (nSPS) is 11.8. The molecular formula is C9H15NO3. The number of carbonyl (C=O) groups is 2. The molecule has 0 aliphatic rings. The molecule has 1 unspecified atom stereocenters. The highest BCUT2D eigenvalue weighted by Crippen LogP contribution is 2.07. The molecule has 0 aromatic heterocycles. The molecule has 1 amide bonds. The summed E-state index contributed by atoms with van der Waals surface area (Å²) in [6, 6.07) is 0. The Morgan fingerprint density at radius 2 is 2.23 bits per heavy atom. The van der Waals surface area contributed by atoms with E-state index in [-0.39, 0.29) is 12.3 Å². The molecule has 0 aliphatic heterocycles. The van der Waals surface area contributed by atoms with Crippen molar-refractivity contribution in [1.82, 2.24) is 5.32 Å². The molecule has 0 aromatic carbocycles. The summed E-state index contributed by atoms with van der Waals surface area (Å²) in [7, 11) is 0. The van der Waals surface area contributed by atoms with E-state index in [0.29, 0.717) is 13.0 Å². The van der Waals surface area contributed by atoms with Crippen molar-refractivity contribution in [3.05, 3.63) is 12.7 Å². The number of carboxylic acids is 1. The first kappa shape index (κ1) is 11.7. The van der Waals surface area contributed by atoms with Gasteiger partial charge < -0.3 is 10.4 Å². The second kappa shape index (κ2) is 6.22. The highest BCUT2D eigenvalue weighted by atomic mass is 16.4. The van der Waals surface area contributed by atoms with Gasteiger partial charge in [0.05, 0.1) is 5.92 Å². The van der Waals surface area contributed by atoms with Gasteiger partial charge in [-0.05, 0) is 6.42 Å². The van der Waals surface area contributed by atoms with Gasteiger partial charge in [0.1, 0.15) is 0 Å². The fourth-order valence-electron chi connectivity index (χ4n) is 0.888. The summed E-state index contributed by atoms with van der Waals surface area (Å²) >= 11 is 0. The van der Waals surface area contributed by atoms with Gasteiger partial charge >= 0.3 is 5.97 Å². The van der Waals surface area contributed by atoms with Gasteiger partial charge in [0.25, 0.3) is 0 Å². The summed E-state index contributed by atoms with van der Waals surface area (Å²) < 4.78 is 0. The Balaban J connectivity index is 3.86. The van der Waals surface area contributed by atoms with Crippen molar-refractivity contribution >= 4 is 11.9 Å². The van der Waals surface area contributed by atoms with E-state index in [1.807, 2.05) is 0 Å². The van der Waals surface area contributed by atoms with Gasteiger partial charge in [0.2, 0.25) is 5.91 Å². The van der Waals surface area contributed by atoms with Crippen LogP contribution in [0.25, 0.3) is 0 Å². The zero-order valence-electron chi connectivity index (χ0n) is 7.75. The zero-order valence-corrected chi connectivity index (χ0v) is 7.75. The van der Waals surface area contributed by atoms with Crippen molar-refractivity contribution in [3.63, 3.8) is 0 Å². The van der Waals surface area contributed by atoms with Crippen LogP contribution in [-0.2, 0) is 9.59 Å². The fourth-order valence-corrected chi connectivity index (χ4v) is 0.888. The Bertz CT molecular complexity index is 201. The molecule has 0 bridgehead atoms. The molecule has 4 nitrogen and oxygen atoms in total. The molecule has 1 atom stereocenters. The van der Waals surface area contributed by atoms with E-state index < -0.39 is 11.9 Å². The molecular weight excluding hydrogens is 170 g/mol. The molecule has 74 valence electrons. The summed E-state index contributed by atoms with van der Waals surface area (Å²) in [5.74, 6) is -1.74. The molecule has 13 heavy (non-hydrogen) atoms. The van der Waals surface area contributed by atoms with Crippen molar-refractivity contribution in [3.8, 4) is 0 Å². The number of aliphatic carboxylic acids is 1. The second-order valence-corrected chi connectivity index (χ2v) is 2.74. The van der Waals surface area contributed by atoms with Crippen LogP contribution in [0.1, 0.15) is 19.8 Å². The van der Waals surface area contributed by atoms with Crippen molar-refractivity contribution in [2.75, 3.05) is 6.54 Å². The van der Waals surface area contributed by atoms with Crippen LogP contribution in [0.3, 0.4) is 0 Å². The first-order valence-electron chi connectivity index (χ1n) is 4.22. The largest absolute Gasteiger partial charge is 0.481 e. The van der Waals surface area contributed by atoms with E-state index >= 15 is 0 Å². The molecule has 0 saturated carbocycles. The highest BCUT2D eigenvalue weighted by Gasteiger charge is 2.18. The van der Waals surface area contributed by atoms with Gasteiger partial charge in [-0.2, -0.15) is 0 Å². The van der Waals surface area contributed by atoms with Gasteiger partial charge in [-0.1, -0.05) is 13.0 Å². The van der Waals surface area contributed by atoms with E-state index in [9.17, 15) is 9.59 Å². The van der Waals surface area contributed by atoms with E-state index in [2.05, 4.69) is 11.9 Å². The minimum atomic E-state index is -0.920. The maximum atomic E-state index is 11.1. The van der Waals surface area contributed by atoms with Crippen molar-refractivity contribution in [1.29, 1.82) is 0 Å². The number of carbonyl (C=O) groups excluding carboxylic acids is 1. The van der Waals surface area contributed by atoms with Crippen LogP contribution in [0.15, 0.2) is 12.7 Å². The van der Waals surface area contributed by atoms with Gasteiger partial charge in [0.15, 0.2) is 0 Å². The summed E-state index contributed by atoms with van der Waals surface area (Å²) in [6.07, 6.45) is 2.07. The minimum Gasteiger partial charge on any atom is -0.481 e. The number of nitrogens with one attached hydrogen (secondary N) is 1. The monoisotopic (exact) mass is 185 g/mol. The lowest BCUT2D eigenvalue weighted by Gasteiger charge is -2.08. The summed E-state index contributed by atoms with van der Waals surface area (Å²) in [4.78, 5) is 21.6. The van der Waals surface area contributed by atoms with Crippen LogP contribution >= 0.6 is 0 Å². The van der Waals surface area contributed by atoms with Gasteiger partial charge in [0, 0.05) is 13.0 Å². The molecule has 0 saturated heterocycles. The standard InChI is InChI=1S/C9H15NO3/c1-3-5-10-8(11)6-7(4-2)9(12)13/h3,7H,1,4-6H2,2H3,(H,10,11)(H,12,13).